The number of phenolic OH excluding ortho intramolecular Hbond substituents is 1. The summed E-state index contributed by atoms with van der Waals surface area (Å²) in [4.78, 5) is 31.1. The fourth-order valence-corrected chi connectivity index (χ4v) is 4.31. The van der Waals surface area contributed by atoms with Gasteiger partial charge in [-0.05, 0) is 48.2 Å². The van der Waals surface area contributed by atoms with Crippen molar-refractivity contribution < 1.29 is 9.90 Å². The Morgan fingerprint density at radius 3 is 2.39 bits per heavy atom. The molecule has 2 heterocycles. The summed E-state index contributed by atoms with van der Waals surface area (Å²) in [6.45, 7) is 5.94. The maximum Gasteiger partial charge on any atom is 0.263 e. The van der Waals surface area contributed by atoms with Crippen molar-refractivity contribution in [2.24, 2.45) is 0 Å². The van der Waals surface area contributed by atoms with Crippen LogP contribution < -0.4 is 10.9 Å². The highest BCUT2D eigenvalue weighted by Gasteiger charge is 2.20. The lowest BCUT2D eigenvalue weighted by molar-refractivity contribution is -0.118. The lowest BCUT2D eigenvalue weighted by atomic mass is 9.99. The zero-order valence-corrected chi connectivity index (χ0v) is 18.3. The fraction of sp³-hybridized carbons (Fsp3) is 0.208. The smallest absolute Gasteiger partial charge is 0.263 e. The maximum absolute atomic E-state index is 13.3. The van der Waals surface area contributed by atoms with Crippen LogP contribution in [0.25, 0.3) is 21.3 Å². The first-order valence-corrected chi connectivity index (χ1v) is 10.9. The monoisotopic (exact) mass is 433 g/mol. The number of anilines is 1. The molecule has 0 spiro atoms. The Balaban J connectivity index is 1.68. The Morgan fingerprint density at radius 1 is 1.06 bits per heavy atom. The van der Waals surface area contributed by atoms with E-state index in [0.29, 0.717) is 21.8 Å². The first-order valence-electron chi connectivity index (χ1n) is 10.0. The van der Waals surface area contributed by atoms with E-state index in [1.54, 1.807) is 19.1 Å². The third-order valence-electron chi connectivity index (χ3n) is 5.34. The van der Waals surface area contributed by atoms with Crippen molar-refractivity contribution in [1.29, 1.82) is 0 Å². The lowest BCUT2D eigenvalue weighted by Gasteiger charge is -2.15. The van der Waals surface area contributed by atoms with Crippen LogP contribution in [-0.4, -0.2) is 20.6 Å². The number of thiophene rings is 1. The van der Waals surface area contributed by atoms with Crippen molar-refractivity contribution in [2.75, 3.05) is 5.32 Å². The van der Waals surface area contributed by atoms with E-state index in [1.807, 2.05) is 17.5 Å². The first kappa shape index (κ1) is 20.8. The summed E-state index contributed by atoms with van der Waals surface area (Å²) in [7, 11) is 0. The zero-order chi connectivity index (χ0) is 22.1. The molecule has 0 radical (unpaired) electrons. The van der Waals surface area contributed by atoms with Crippen molar-refractivity contribution in [3.63, 3.8) is 0 Å². The van der Waals surface area contributed by atoms with Crippen LogP contribution in [0.2, 0.25) is 0 Å². The van der Waals surface area contributed by atoms with Crippen molar-refractivity contribution in [1.82, 2.24) is 9.55 Å². The van der Waals surface area contributed by atoms with E-state index in [4.69, 9.17) is 0 Å². The van der Waals surface area contributed by atoms with Crippen molar-refractivity contribution >= 4 is 33.1 Å². The highest BCUT2D eigenvalue weighted by Crippen LogP contribution is 2.31. The molecule has 2 aromatic carbocycles. The first-order chi connectivity index (χ1) is 14.8. The number of carbonyl (C=O) groups excluding carboxylic acids is 1. The molecule has 31 heavy (non-hydrogen) atoms. The van der Waals surface area contributed by atoms with Gasteiger partial charge in [0.15, 0.2) is 0 Å². The average molecular weight is 434 g/mol. The van der Waals surface area contributed by atoms with Gasteiger partial charge < -0.3 is 10.4 Å². The Labute approximate surface area is 183 Å². The molecule has 1 unspecified atom stereocenters. The van der Waals surface area contributed by atoms with E-state index in [0.717, 1.165) is 11.1 Å². The Morgan fingerprint density at radius 2 is 1.74 bits per heavy atom. The summed E-state index contributed by atoms with van der Waals surface area (Å²) in [5.41, 5.74) is 3.31. The molecule has 2 aromatic heterocycles. The summed E-state index contributed by atoms with van der Waals surface area (Å²) in [6.07, 6.45) is 1.42. The minimum Gasteiger partial charge on any atom is -0.508 e. The lowest BCUT2D eigenvalue weighted by Crippen LogP contribution is -2.31. The van der Waals surface area contributed by atoms with E-state index < -0.39 is 6.04 Å². The minimum atomic E-state index is -0.755. The van der Waals surface area contributed by atoms with Crippen LogP contribution in [0.3, 0.4) is 0 Å². The number of carbonyl (C=O) groups is 1. The molecular weight excluding hydrogens is 410 g/mol. The number of benzene rings is 2. The van der Waals surface area contributed by atoms with Crippen LogP contribution in [0.5, 0.6) is 5.75 Å². The number of hydrogen-bond donors (Lipinski definition) is 2. The molecule has 0 aliphatic rings. The van der Waals surface area contributed by atoms with Gasteiger partial charge in [0.25, 0.3) is 5.56 Å². The third-order valence-corrected chi connectivity index (χ3v) is 6.23. The third kappa shape index (κ3) is 4.09. The van der Waals surface area contributed by atoms with E-state index >= 15 is 0 Å². The molecule has 6 nitrogen and oxygen atoms in total. The summed E-state index contributed by atoms with van der Waals surface area (Å²) >= 11 is 1.42. The second-order valence-corrected chi connectivity index (χ2v) is 8.63. The molecule has 0 saturated carbocycles. The molecule has 0 fully saturated rings. The van der Waals surface area contributed by atoms with Crippen LogP contribution in [0.15, 0.2) is 65.0 Å². The number of hydrogen-bond acceptors (Lipinski definition) is 5. The molecule has 4 rings (SSSR count). The number of nitrogens with one attached hydrogen (secondary N) is 1. The van der Waals surface area contributed by atoms with Gasteiger partial charge in [0.1, 0.15) is 16.6 Å². The number of nitrogens with zero attached hydrogens (tertiary/aromatic N) is 2. The zero-order valence-electron chi connectivity index (χ0n) is 17.5. The number of rotatable bonds is 5. The molecule has 4 aromatic rings. The maximum atomic E-state index is 13.3. The molecule has 1 amide bonds. The number of phenols is 1. The second-order valence-electron chi connectivity index (χ2n) is 7.78. The molecule has 0 aliphatic carbocycles. The van der Waals surface area contributed by atoms with Gasteiger partial charge in [0.05, 0.1) is 11.7 Å². The highest BCUT2D eigenvalue weighted by atomic mass is 32.1. The van der Waals surface area contributed by atoms with E-state index in [-0.39, 0.29) is 17.2 Å². The normalized spacial score (nSPS) is 12.3. The van der Waals surface area contributed by atoms with Crippen LogP contribution >= 0.6 is 11.3 Å². The van der Waals surface area contributed by atoms with Gasteiger partial charge in [-0.3, -0.25) is 14.2 Å². The average Bonchev–Trinajstić information content (AvgIpc) is 3.20. The Kier molecular flexibility index (Phi) is 5.61. The molecule has 0 bridgehead atoms. The van der Waals surface area contributed by atoms with Gasteiger partial charge in [-0.25, -0.2) is 4.98 Å². The summed E-state index contributed by atoms with van der Waals surface area (Å²) in [6, 6.07) is 13.6. The van der Waals surface area contributed by atoms with E-state index in [2.05, 4.69) is 36.3 Å². The molecule has 2 N–H and O–H groups in total. The standard InChI is InChI=1S/C24H23N3O3S/c1-14(2)16-4-6-17(7-5-16)20-12-31-23-21(20)24(30)27(13-25-23)15(3)22(29)26-18-8-10-19(28)11-9-18/h4-15,28H,1-3H3,(H,26,29). The quantitative estimate of drug-likeness (QED) is 0.426. The van der Waals surface area contributed by atoms with Crippen LogP contribution in [0.1, 0.15) is 38.3 Å². The van der Waals surface area contributed by atoms with Gasteiger partial charge in [0, 0.05) is 16.6 Å². The van der Waals surface area contributed by atoms with E-state index in [9.17, 15) is 14.7 Å². The predicted molar refractivity (Wildman–Crippen MR) is 125 cm³/mol. The number of amides is 1. The SMILES string of the molecule is CC(C)c1ccc(-c2csc3ncn(C(C)C(=O)Nc4ccc(O)cc4)c(=O)c23)cc1. The number of aromatic nitrogens is 2. The molecule has 1 atom stereocenters. The van der Waals surface area contributed by atoms with Gasteiger partial charge >= 0.3 is 0 Å². The Hall–Kier alpha value is -3.45. The topological polar surface area (TPSA) is 84.2 Å². The number of fused-ring (bicyclic) bond motifs is 1. The van der Waals surface area contributed by atoms with Crippen LogP contribution in [-0.2, 0) is 4.79 Å². The summed E-state index contributed by atoms with van der Waals surface area (Å²) in [5.74, 6) is 0.204. The fourth-order valence-electron chi connectivity index (χ4n) is 3.40. The second kappa shape index (κ2) is 8.35. The molecule has 7 heteroatoms. The minimum absolute atomic E-state index is 0.114. The highest BCUT2D eigenvalue weighted by molar-refractivity contribution is 7.17. The van der Waals surface area contributed by atoms with Gasteiger partial charge in [-0.2, -0.15) is 0 Å². The van der Waals surface area contributed by atoms with Gasteiger partial charge in [0.2, 0.25) is 5.91 Å². The van der Waals surface area contributed by atoms with Gasteiger partial charge in [-0.15, -0.1) is 11.3 Å². The van der Waals surface area contributed by atoms with Gasteiger partial charge in [-0.1, -0.05) is 38.1 Å². The predicted octanol–water partition coefficient (Wildman–Crippen LogP) is 5.15. The van der Waals surface area contributed by atoms with E-state index in [1.165, 1.54) is 39.9 Å². The number of aromatic hydroxyl groups is 1. The molecule has 0 aliphatic heterocycles. The Bertz CT molecular complexity index is 1290. The van der Waals surface area contributed by atoms with Crippen LogP contribution in [0, 0.1) is 0 Å². The van der Waals surface area contributed by atoms with Crippen molar-refractivity contribution in [2.45, 2.75) is 32.7 Å². The summed E-state index contributed by atoms with van der Waals surface area (Å²) < 4.78 is 1.36. The van der Waals surface area contributed by atoms with Crippen LogP contribution in [0.4, 0.5) is 5.69 Å². The molecule has 0 saturated heterocycles. The van der Waals surface area contributed by atoms with Crippen molar-refractivity contribution in [3.05, 3.63) is 76.2 Å². The van der Waals surface area contributed by atoms with Crippen molar-refractivity contribution in [3.8, 4) is 16.9 Å². The summed E-state index contributed by atoms with van der Waals surface area (Å²) in [5, 5.41) is 14.6. The molecular formula is C24H23N3O3S. The molecule has 158 valence electrons. The largest absolute Gasteiger partial charge is 0.508 e.